The molecule has 15 heavy (non-hydrogen) atoms. The third-order valence-electron chi connectivity index (χ3n) is 2.01. The zero-order valence-corrected chi connectivity index (χ0v) is 8.19. The molecule has 5 nitrogen and oxygen atoms in total. The molecule has 2 N–H and O–H groups in total. The minimum atomic E-state index is -0.151. The molecule has 0 aromatic carbocycles. The average molecular weight is 202 g/mol. The van der Waals surface area contributed by atoms with Gasteiger partial charge in [-0.1, -0.05) is 0 Å². The predicted molar refractivity (Wildman–Crippen MR) is 57.0 cm³/mol. The summed E-state index contributed by atoms with van der Waals surface area (Å²) in [5.74, 6) is -0.151. The van der Waals surface area contributed by atoms with Gasteiger partial charge in [0.25, 0.3) is 0 Å². The van der Waals surface area contributed by atoms with E-state index in [0.717, 1.165) is 11.1 Å². The van der Waals surface area contributed by atoms with Gasteiger partial charge in [-0.2, -0.15) is 5.10 Å². The topological polar surface area (TPSA) is 70.7 Å². The standard InChI is InChI=1S/C10H10N4O/c1-11-9(15)5-4-8-7-3-2-6-12-10(7)14-13-8/h2-6H,1H3,(H,11,15)(H,12,13,14)/b5-4+. The van der Waals surface area contributed by atoms with Crippen molar-refractivity contribution in [2.24, 2.45) is 0 Å². The van der Waals surface area contributed by atoms with Gasteiger partial charge in [0.15, 0.2) is 5.65 Å². The van der Waals surface area contributed by atoms with Crippen LogP contribution in [0.3, 0.4) is 0 Å². The Kier molecular flexibility index (Phi) is 2.45. The van der Waals surface area contributed by atoms with Crippen LogP contribution < -0.4 is 5.32 Å². The highest BCUT2D eigenvalue weighted by Crippen LogP contribution is 2.13. The van der Waals surface area contributed by atoms with Crippen LogP contribution in [0, 0.1) is 0 Å². The Bertz CT molecular complexity index is 515. The molecule has 0 atom stereocenters. The summed E-state index contributed by atoms with van der Waals surface area (Å²) in [4.78, 5) is 15.1. The number of nitrogens with one attached hydrogen (secondary N) is 2. The number of nitrogens with zero attached hydrogens (tertiary/aromatic N) is 2. The number of rotatable bonds is 2. The van der Waals surface area contributed by atoms with E-state index in [0.29, 0.717) is 5.65 Å². The molecule has 1 amide bonds. The van der Waals surface area contributed by atoms with Gasteiger partial charge in [0.1, 0.15) is 0 Å². The molecule has 2 heterocycles. The van der Waals surface area contributed by atoms with Gasteiger partial charge in [0.2, 0.25) is 5.91 Å². The van der Waals surface area contributed by atoms with Crippen LogP contribution in [0.2, 0.25) is 0 Å². The quantitative estimate of drug-likeness (QED) is 0.705. The van der Waals surface area contributed by atoms with Gasteiger partial charge in [-0.15, -0.1) is 0 Å². The van der Waals surface area contributed by atoms with Crippen LogP contribution in [0.5, 0.6) is 0 Å². The normalized spacial score (nSPS) is 11.0. The minimum absolute atomic E-state index is 0.151. The van der Waals surface area contributed by atoms with Crippen molar-refractivity contribution in [3.05, 3.63) is 30.1 Å². The van der Waals surface area contributed by atoms with Crippen LogP contribution in [-0.2, 0) is 4.79 Å². The number of carbonyl (C=O) groups is 1. The molecule has 0 unspecified atom stereocenters. The van der Waals surface area contributed by atoms with Gasteiger partial charge in [-0.25, -0.2) is 4.98 Å². The number of hydrogen-bond donors (Lipinski definition) is 2. The molecule has 76 valence electrons. The molecule has 0 saturated carbocycles. The van der Waals surface area contributed by atoms with Crippen LogP contribution in [0.4, 0.5) is 0 Å². The average Bonchev–Trinajstić information content (AvgIpc) is 2.69. The number of hydrogen-bond acceptors (Lipinski definition) is 3. The second kappa shape index (κ2) is 3.91. The lowest BCUT2D eigenvalue weighted by Gasteiger charge is -1.90. The number of pyridine rings is 1. The highest BCUT2D eigenvalue weighted by molar-refractivity contribution is 5.94. The summed E-state index contributed by atoms with van der Waals surface area (Å²) in [5.41, 5.74) is 1.43. The molecule has 0 spiro atoms. The van der Waals surface area contributed by atoms with E-state index in [2.05, 4.69) is 20.5 Å². The van der Waals surface area contributed by atoms with E-state index >= 15 is 0 Å². The van der Waals surface area contributed by atoms with Crippen LogP contribution in [-0.4, -0.2) is 28.1 Å². The molecular formula is C10H10N4O. The molecule has 0 saturated heterocycles. The second-order valence-electron chi connectivity index (χ2n) is 2.96. The number of carbonyl (C=O) groups excluding carboxylic acids is 1. The molecular weight excluding hydrogens is 192 g/mol. The molecule has 0 aliphatic carbocycles. The monoisotopic (exact) mass is 202 g/mol. The molecule has 2 aromatic heterocycles. The second-order valence-corrected chi connectivity index (χ2v) is 2.96. The van der Waals surface area contributed by atoms with Crippen LogP contribution >= 0.6 is 0 Å². The van der Waals surface area contributed by atoms with Gasteiger partial charge in [0, 0.05) is 24.7 Å². The van der Waals surface area contributed by atoms with Gasteiger partial charge < -0.3 is 5.32 Å². The van der Waals surface area contributed by atoms with E-state index in [1.54, 1.807) is 19.3 Å². The number of likely N-dealkylation sites (N-methyl/N-ethyl adjacent to an activating group) is 1. The van der Waals surface area contributed by atoms with E-state index in [1.165, 1.54) is 6.08 Å². The number of amides is 1. The maximum Gasteiger partial charge on any atom is 0.243 e. The molecule has 0 aliphatic heterocycles. The number of aromatic nitrogens is 3. The summed E-state index contributed by atoms with van der Waals surface area (Å²) in [6.07, 6.45) is 4.80. The van der Waals surface area contributed by atoms with E-state index in [-0.39, 0.29) is 5.91 Å². The zero-order valence-electron chi connectivity index (χ0n) is 8.19. The van der Waals surface area contributed by atoms with Gasteiger partial charge in [-0.05, 0) is 18.2 Å². The van der Waals surface area contributed by atoms with Gasteiger partial charge >= 0.3 is 0 Å². The Labute approximate surface area is 86.2 Å². The third kappa shape index (κ3) is 1.85. The zero-order chi connectivity index (χ0) is 10.7. The first-order chi connectivity index (χ1) is 7.31. The summed E-state index contributed by atoms with van der Waals surface area (Å²) >= 11 is 0. The predicted octanol–water partition coefficient (Wildman–Crippen LogP) is 0.717. The lowest BCUT2D eigenvalue weighted by Crippen LogP contribution is -2.13. The Morgan fingerprint density at radius 3 is 3.27 bits per heavy atom. The minimum Gasteiger partial charge on any atom is -0.356 e. The van der Waals surface area contributed by atoms with E-state index < -0.39 is 0 Å². The molecule has 5 heteroatoms. The van der Waals surface area contributed by atoms with Crippen molar-refractivity contribution in [2.75, 3.05) is 7.05 Å². The highest BCUT2D eigenvalue weighted by atomic mass is 16.1. The first kappa shape index (κ1) is 9.39. The summed E-state index contributed by atoms with van der Waals surface area (Å²) in [6.45, 7) is 0. The fourth-order valence-corrected chi connectivity index (χ4v) is 1.24. The molecule has 0 aliphatic rings. The Morgan fingerprint density at radius 2 is 2.47 bits per heavy atom. The van der Waals surface area contributed by atoms with Crippen LogP contribution in [0.25, 0.3) is 17.1 Å². The molecule has 2 aromatic rings. The molecule has 0 fully saturated rings. The van der Waals surface area contributed by atoms with Crippen LogP contribution in [0.15, 0.2) is 24.4 Å². The van der Waals surface area contributed by atoms with E-state index in [4.69, 9.17) is 0 Å². The first-order valence-corrected chi connectivity index (χ1v) is 4.50. The Morgan fingerprint density at radius 1 is 1.60 bits per heavy atom. The maximum absolute atomic E-state index is 11.0. The Hall–Kier alpha value is -2.17. The van der Waals surface area contributed by atoms with Crippen LogP contribution in [0.1, 0.15) is 5.69 Å². The highest BCUT2D eigenvalue weighted by Gasteiger charge is 2.01. The largest absolute Gasteiger partial charge is 0.356 e. The van der Waals surface area contributed by atoms with Gasteiger partial charge in [-0.3, -0.25) is 9.89 Å². The summed E-state index contributed by atoms with van der Waals surface area (Å²) in [6, 6.07) is 3.73. The fourth-order valence-electron chi connectivity index (χ4n) is 1.24. The fraction of sp³-hybridized carbons (Fsp3) is 0.100. The number of H-pyrrole nitrogens is 1. The van der Waals surface area contributed by atoms with Crippen molar-refractivity contribution in [3.8, 4) is 0 Å². The lowest BCUT2D eigenvalue weighted by atomic mass is 10.2. The van der Waals surface area contributed by atoms with Crippen molar-refractivity contribution in [1.82, 2.24) is 20.5 Å². The molecule has 0 radical (unpaired) electrons. The lowest BCUT2D eigenvalue weighted by molar-refractivity contribution is -0.115. The van der Waals surface area contributed by atoms with Crippen molar-refractivity contribution < 1.29 is 4.79 Å². The SMILES string of the molecule is CNC(=O)/C=C/c1[nH]nc2ncccc12. The Balaban J connectivity index is 2.36. The number of fused-ring (bicyclic) bond motifs is 1. The van der Waals surface area contributed by atoms with Crippen molar-refractivity contribution in [2.45, 2.75) is 0 Å². The number of aromatic amines is 1. The van der Waals surface area contributed by atoms with Crippen molar-refractivity contribution in [1.29, 1.82) is 0 Å². The maximum atomic E-state index is 11.0. The third-order valence-corrected chi connectivity index (χ3v) is 2.01. The van der Waals surface area contributed by atoms with Gasteiger partial charge in [0.05, 0.1) is 5.69 Å². The van der Waals surface area contributed by atoms with Crippen molar-refractivity contribution >= 4 is 23.0 Å². The molecule has 2 rings (SSSR count). The smallest absolute Gasteiger partial charge is 0.243 e. The molecule has 0 bridgehead atoms. The summed E-state index contributed by atoms with van der Waals surface area (Å²) in [7, 11) is 1.58. The first-order valence-electron chi connectivity index (χ1n) is 4.50. The summed E-state index contributed by atoms with van der Waals surface area (Å²) in [5, 5.41) is 10.2. The van der Waals surface area contributed by atoms with Crippen molar-refractivity contribution in [3.63, 3.8) is 0 Å². The summed E-state index contributed by atoms with van der Waals surface area (Å²) < 4.78 is 0. The van der Waals surface area contributed by atoms with E-state index in [9.17, 15) is 4.79 Å². The van der Waals surface area contributed by atoms with E-state index in [1.807, 2.05) is 12.1 Å².